The van der Waals surface area contributed by atoms with Gasteiger partial charge in [-0.15, -0.1) is 0 Å². The number of aliphatic hydroxyl groups is 2. The fourth-order valence-corrected chi connectivity index (χ4v) is 3.07. The largest absolute Gasteiger partial charge is 0.507 e. The second kappa shape index (κ2) is 4.21. The first-order valence-electron chi connectivity index (χ1n) is 6.39. The Kier molecular flexibility index (Phi) is 2.76. The number of benzene rings is 1. The van der Waals surface area contributed by atoms with Crippen LogP contribution < -0.4 is 4.74 Å². The molecule has 2 aliphatic rings. The smallest absolute Gasteiger partial charge is 0.179 e. The number of phenolic OH excluding ortho intramolecular Hbond substituents is 1. The number of phenols is 1. The summed E-state index contributed by atoms with van der Waals surface area (Å²) in [7, 11) is 0. The van der Waals surface area contributed by atoms with Crippen LogP contribution in [0.2, 0.25) is 0 Å². The van der Waals surface area contributed by atoms with Crippen molar-refractivity contribution in [2.24, 2.45) is 11.8 Å². The summed E-state index contributed by atoms with van der Waals surface area (Å²) in [5, 5.41) is 30.0. The lowest BCUT2D eigenvalue weighted by atomic mass is 9.72. The van der Waals surface area contributed by atoms with Crippen LogP contribution in [0.15, 0.2) is 18.2 Å². The summed E-state index contributed by atoms with van der Waals surface area (Å²) in [5.74, 6) is -1.19. The molecule has 5 atom stereocenters. The monoisotopic (exact) mass is 264 g/mol. The van der Waals surface area contributed by atoms with Crippen molar-refractivity contribution in [3.05, 3.63) is 23.8 Å². The average Bonchev–Trinajstić information content (AvgIpc) is 2.35. The van der Waals surface area contributed by atoms with Gasteiger partial charge < -0.3 is 20.1 Å². The third-order valence-electron chi connectivity index (χ3n) is 4.12. The van der Waals surface area contributed by atoms with Crippen molar-refractivity contribution in [2.45, 2.75) is 31.7 Å². The van der Waals surface area contributed by atoms with Crippen LogP contribution in [0.4, 0.5) is 0 Å². The van der Waals surface area contributed by atoms with Gasteiger partial charge >= 0.3 is 0 Å². The Morgan fingerprint density at radius 2 is 2.05 bits per heavy atom. The van der Waals surface area contributed by atoms with Crippen LogP contribution in [0.1, 0.15) is 23.7 Å². The van der Waals surface area contributed by atoms with E-state index in [4.69, 9.17) is 4.74 Å². The minimum atomic E-state index is -0.858. The molecule has 5 heteroatoms. The van der Waals surface area contributed by atoms with Crippen molar-refractivity contribution in [3.63, 3.8) is 0 Å². The molecule has 1 aromatic rings. The minimum absolute atomic E-state index is 0.101. The lowest BCUT2D eigenvalue weighted by molar-refractivity contribution is -0.0999. The standard InChI is InChI=1S/C14H16O5/c1-6-5-8(16)11-13(18)10-7(15)3-2-4-9(10)19-14(11)12(6)17/h2-4,6,8,11-12,14-17H,5H2,1H3/t6-,8+,11-,12+,14-/m0/s1. The molecule has 5 nitrogen and oxygen atoms in total. The van der Waals surface area contributed by atoms with Crippen molar-refractivity contribution >= 4 is 5.78 Å². The van der Waals surface area contributed by atoms with E-state index in [0.29, 0.717) is 6.42 Å². The second-order valence-corrected chi connectivity index (χ2v) is 5.39. The third kappa shape index (κ3) is 1.73. The lowest BCUT2D eigenvalue weighted by Gasteiger charge is -2.44. The Labute approximate surface area is 110 Å². The van der Waals surface area contributed by atoms with E-state index < -0.39 is 24.2 Å². The van der Waals surface area contributed by atoms with Gasteiger partial charge in [0, 0.05) is 0 Å². The minimum Gasteiger partial charge on any atom is -0.507 e. The van der Waals surface area contributed by atoms with Gasteiger partial charge in [0.25, 0.3) is 0 Å². The van der Waals surface area contributed by atoms with Crippen LogP contribution in [0.25, 0.3) is 0 Å². The van der Waals surface area contributed by atoms with Gasteiger partial charge in [0.1, 0.15) is 23.2 Å². The molecule has 0 spiro atoms. The van der Waals surface area contributed by atoms with Gasteiger partial charge in [0.15, 0.2) is 5.78 Å². The van der Waals surface area contributed by atoms with Gasteiger partial charge in [-0.05, 0) is 24.5 Å². The first-order valence-corrected chi connectivity index (χ1v) is 6.39. The number of aliphatic hydroxyl groups excluding tert-OH is 2. The number of aromatic hydroxyl groups is 1. The van der Waals surface area contributed by atoms with Crippen LogP contribution in [0.5, 0.6) is 11.5 Å². The van der Waals surface area contributed by atoms with Crippen molar-refractivity contribution in [1.29, 1.82) is 0 Å². The van der Waals surface area contributed by atoms with Gasteiger partial charge in [-0.25, -0.2) is 0 Å². The van der Waals surface area contributed by atoms with Crippen molar-refractivity contribution in [1.82, 2.24) is 0 Å². The number of hydrogen-bond donors (Lipinski definition) is 3. The lowest BCUT2D eigenvalue weighted by Crippen LogP contribution is -2.56. The molecule has 0 bridgehead atoms. The third-order valence-corrected chi connectivity index (χ3v) is 4.12. The number of rotatable bonds is 0. The molecule has 3 N–H and O–H groups in total. The van der Waals surface area contributed by atoms with Crippen LogP contribution in [0, 0.1) is 11.8 Å². The summed E-state index contributed by atoms with van der Waals surface area (Å²) in [6.45, 7) is 1.82. The van der Waals surface area contributed by atoms with E-state index in [0.717, 1.165) is 0 Å². The van der Waals surface area contributed by atoms with Crippen molar-refractivity contribution in [3.8, 4) is 11.5 Å². The molecule has 3 rings (SSSR count). The van der Waals surface area contributed by atoms with Crippen LogP contribution in [-0.2, 0) is 0 Å². The Morgan fingerprint density at radius 3 is 2.79 bits per heavy atom. The molecule has 0 unspecified atom stereocenters. The van der Waals surface area contributed by atoms with Gasteiger partial charge in [-0.2, -0.15) is 0 Å². The molecule has 0 saturated heterocycles. The summed E-state index contributed by atoms with van der Waals surface area (Å²) in [4.78, 5) is 12.4. The normalized spacial score (nSPS) is 37.2. The maximum atomic E-state index is 12.4. The zero-order valence-electron chi connectivity index (χ0n) is 10.5. The van der Waals surface area contributed by atoms with Gasteiger partial charge in [0.2, 0.25) is 0 Å². The number of fused-ring (bicyclic) bond motifs is 2. The molecular formula is C14H16O5. The summed E-state index contributed by atoms with van der Waals surface area (Å²) >= 11 is 0. The van der Waals surface area contributed by atoms with Crippen LogP contribution >= 0.6 is 0 Å². The van der Waals surface area contributed by atoms with Gasteiger partial charge in [0.05, 0.1) is 18.1 Å². The molecule has 1 aliphatic carbocycles. The Bertz CT molecular complexity index is 527. The second-order valence-electron chi connectivity index (χ2n) is 5.39. The fourth-order valence-electron chi connectivity index (χ4n) is 3.07. The van der Waals surface area contributed by atoms with Gasteiger partial charge in [-0.3, -0.25) is 4.79 Å². The summed E-state index contributed by atoms with van der Waals surface area (Å²) in [5.41, 5.74) is 0.101. The van der Waals surface area contributed by atoms with E-state index in [1.807, 2.05) is 6.92 Å². The topological polar surface area (TPSA) is 87.0 Å². The molecule has 0 amide bonds. The number of ketones is 1. The predicted octanol–water partition coefficient (Wildman–Crippen LogP) is 0.714. The number of ether oxygens (including phenoxy) is 1. The van der Waals surface area contributed by atoms with E-state index >= 15 is 0 Å². The molecule has 0 aromatic heterocycles. The molecule has 19 heavy (non-hydrogen) atoms. The molecular weight excluding hydrogens is 248 g/mol. The average molecular weight is 264 g/mol. The molecule has 0 radical (unpaired) electrons. The number of Topliss-reactive ketones (excluding diaryl/α,β-unsaturated/α-hetero) is 1. The molecule has 102 valence electrons. The Hall–Kier alpha value is -1.59. The zero-order valence-corrected chi connectivity index (χ0v) is 10.5. The molecule has 1 fully saturated rings. The zero-order chi connectivity index (χ0) is 13.7. The first kappa shape index (κ1) is 12.4. The first-order chi connectivity index (χ1) is 9.00. The van der Waals surface area contributed by atoms with E-state index in [1.165, 1.54) is 6.07 Å². The molecule has 1 heterocycles. The van der Waals surface area contributed by atoms with Crippen molar-refractivity contribution < 1.29 is 24.9 Å². The molecule has 1 aliphatic heterocycles. The fraction of sp³-hybridized carbons (Fsp3) is 0.500. The highest BCUT2D eigenvalue weighted by Gasteiger charge is 2.50. The predicted molar refractivity (Wildman–Crippen MR) is 66.1 cm³/mol. The summed E-state index contributed by atoms with van der Waals surface area (Å²) in [6.07, 6.45) is -2.06. The Morgan fingerprint density at radius 1 is 1.32 bits per heavy atom. The maximum absolute atomic E-state index is 12.4. The highest BCUT2D eigenvalue weighted by Crippen LogP contribution is 2.42. The number of hydrogen-bond acceptors (Lipinski definition) is 5. The quantitative estimate of drug-likeness (QED) is 0.642. The van der Waals surface area contributed by atoms with E-state index in [9.17, 15) is 20.1 Å². The number of carbonyl (C=O) groups is 1. The van der Waals surface area contributed by atoms with Crippen molar-refractivity contribution in [2.75, 3.05) is 0 Å². The van der Waals surface area contributed by atoms with Crippen LogP contribution in [0.3, 0.4) is 0 Å². The summed E-state index contributed by atoms with van der Waals surface area (Å²) in [6, 6.07) is 4.58. The van der Waals surface area contributed by atoms with E-state index in [-0.39, 0.29) is 28.8 Å². The SMILES string of the molecule is C[C@H]1C[C@@H](O)[C@H]2C(=O)c3c(O)cccc3O[C@@H]2[C@@H]1O. The summed E-state index contributed by atoms with van der Waals surface area (Å²) < 4.78 is 5.65. The van der Waals surface area contributed by atoms with Crippen LogP contribution in [-0.4, -0.2) is 39.4 Å². The highest BCUT2D eigenvalue weighted by molar-refractivity contribution is 6.04. The number of carbonyl (C=O) groups excluding carboxylic acids is 1. The molecule has 1 saturated carbocycles. The van der Waals surface area contributed by atoms with E-state index in [2.05, 4.69) is 0 Å². The maximum Gasteiger partial charge on any atom is 0.179 e. The Balaban J connectivity index is 2.08. The van der Waals surface area contributed by atoms with E-state index in [1.54, 1.807) is 12.1 Å². The van der Waals surface area contributed by atoms with Gasteiger partial charge in [-0.1, -0.05) is 13.0 Å². The molecule has 1 aromatic carbocycles. The highest BCUT2D eigenvalue weighted by atomic mass is 16.5.